The molecule has 306 valence electrons. The number of hydrogen-bond donors (Lipinski definition) is 3. The van der Waals surface area contributed by atoms with Gasteiger partial charge in [0.05, 0.1) is 12.2 Å². The van der Waals surface area contributed by atoms with Gasteiger partial charge < -0.3 is 10.4 Å². The Morgan fingerprint density at radius 1 is 0.736 bits per heavy atom. The molecule has 1 aromatic rings. The van der Waals surface area contributed by atoms with Crippen LogP contribution in [-0.4, -0.2) is 81.4 Å². The summed E-state index contributed by atoms with van der Waals surface area (Å²) in [5, 5.41) is 25.7. The summed E-state index contributed by atoms with van der Waals surface area (Å²) in [6, 6.07) is 0. The third-order valence-corrected chi connectivity index (χ3v) is 11.3. The van der Waals surface area contributed by atoms with E-state index in [-0.39, 0.29) is 56.1 Å². The first-order valence-corrected chi connectivity index (χ1v) is 22.0. The Hall–Kier alpha value is -3.03. The van der Waals surface area contributed by atoms with Crippen LogP contribution in [0.5, 0.6) is 0 Å². The predicted molar refractivity (Wildman–Crippen MR) is 208 cm³/mol. The Morgan fingerprint density at radius 2 is 1.30 bits per heavy atom. The number of carboxylic acid groups (broad SMARTS) is 1. The van der Waals surface area contributed by atoms with Crippen LogP contribution < -0.4 is 5.32 Å². The predicted octanol–water partition coefficient (Wildman–Crippen LogP) is 7.34. The number of carboxylic acids is 1. The number of hydrogen-bond acceptors (Lipinski definition) is 10. The summed E-state index contributed by atoms with van der Waals surface area (Å²) in [5.41, 5.74) is -0.582. The van der Waals surface area contributed by atoms with Gasteiger partial charge in [-0.25, -0.2) is 8.42 Å². The Bertz CT molecular complexity index is 1300. The number of amides is 1. The molecule has 1 heterocycles. The molecule has 0 bridgehead atoms. The number of rotatable bonds is 35. The van der Waals surface area contributed by atoms with Gasteiger partial charge >= 0.3 is 5.97 Å². The van der Waals surface area contributed by atoms with E-state index in [4.69, 9.17) is 5.11 Å². The normalized spacial score (nSPS) is 12.4. The van der Waals surface area contributed by atoms with Crippen LogP contribution in [0.3, 0.4) is 0 Å². The van der Waals surface area contributed by atoms with Gasteiger partial charge in [-0.15, -0.1) is 10.2 Å². The first-order chi connectivity index (χ1) is 25.2. The molecule has 53 heavy (non-hydrogen) atoms. The minimum Gasteiger partial charge on any atom is -0.481 e. The highest BCUT2D eigenvalue weighted by atomic mass is 32.2. The zero-order valence-corrected chi connectivity index (χ0v) is 33.7. The summed E-state index contributed by atoms with van der Waals surface area (Å²) in [6.07, 6.45) is 19.5. The fourth-order valence-electron chi connectivity index (χ4n) is 6.19. The van der Waals surface area contributed by atoms with Crippen molar-refractivity contribution in [2.24, 2.45) is 11.3 Å². The van der Waals surface area contributed by atoms with Crippen LogP contribution in [0, 0.1) is 11.3 Å². The monoisotopic (exact) mass is 770 g/mol. The van der Waals surface area contributed by atoms with Crippen molar-refractivity contribution in [2.75, 3.05) is 18.1 Å². The van der Waals surface area contributed by atoms with Crippen molar-refractivity contribution in [3.63, 3.8) is 0 Å². The number of carbonyl (C=O) groups excluding carboxylic acids is 4. The first-order valence-electron chi connectivity index (χ1n) is 20.2. The molecule has 0 radical (unpaired) electrons. The van der Waals surface area contributed by atoms with Gasteiger partial charge in [-0.2, -0.15) is 5.21 Å². The van der Waals surface area contributed by atoms with Gasteiger partial charge in [-0.3, -0.25) is 24.0 Å². The van der Waals surface area contributed by atoms with Crippen molar-refractivity contribution in [2.45, 2.75) is 181 Å². The molecule has 0 saturated heterocycles. The fourth-order valence-corrected chi connectivity index (χ4v) is 7.61. The quantitative estimate of drug-likeness (QED) is 0.0583. The Labute approximate surface area is 319 Å². The molecular formula is C39H71N5O8S. The van der Waals surface area contributed by atoms with E-state index < -0.39 is 32.9 Å². The van der Waals surface area contributed by atoms with Crippen molar-refractivity contribution in [1.82, 2.24) is 25.9 Å². The van der Waals surface area contributed by atoms with Crippen LogP contribution in [0.2, 0.25) is 0 Å². The number of nitrogens with one attached hydrogen (secondary N) is 2. The summed E-state index contributed by atoms with van der Waals surface area (Å²) in [6.45, 7) is 5.81. The number of sulfone groups is 1. The number of carbonyl (C=O) groups is 5. The molecule has 1 rings (SSSR count). The second-order valence-corrected chi connectivity index (χ2v) is 17.8. The van der Waals surface area contributed by atoms with Crippen molar-refractivity contribution in [1.29, 1.82) is 0 Å². The van der Waals surface area contributed by atoms with Crippen LogP contribution in [0.25, 0.3) is 0 Å². The molecule has 1 aromatic heterocycles. The lowest BCUT2D eigenvalue weighted by molar-refractivity contribution is -0.139. The number of aliphatic carboxylic acids is 1. The van der Waals surface area contributed by atoms with Crippen LogP contribution in [-0.2, 0) is 40.2 Å². The maximum absolute atomic E-state index is 12.6. The minimum atomic E-state index is -3.45. The number of aromatic amines is 1. The van der Waals surface area contributed by atoms with Gasteiger partial charge in [0.25, 0.3) is 0 Å². The molecule has 1 atom stereocenters. The second-order valence-electron chi connectivity index (χ2n) is 15.6. The molecule has 0 unspecified atom stereocenters. The third kappa shape index (κ3) is 27.2. The van der Waals surface area contributed by atoms with E-state index in [1.165, 1.54) is 51.4 Å². The molecule has 13 nitrogen and oxygen atoms in total. The summed E-state index contributed by atoms with van der Waals surface area (Å²) in [4.78, 5) is 60.5. The van der Waals surface area contributed by atoms with E-state index in [1.807, 2.05) is 0 Å². The van der Waals surface area contributed by atoms with Crippen LogP contribution in [0.4, 0.5) is 0 Å². The summed E-state index contributed by atoms with van der Waals surface area (Å²) < 4.78 is 24.8. The zero-order valence-electron chi connectivity index (χ0n) is 32.9. The lowest BCUT2D eigenvalue weighted by atomic mass is 9.81. The van der Waals surface area contributed by atoms with E-state index >= 15 is 0 Å². The topological polar surface area (TPSA) is 206 Å². The maximum atomic E-state index is 12.6. The summed E-state index contributed by atoms with van der Waals surface area (Å²) in [5.74, 6) is -1.81. The fraction of sp³-hybridized carbons (Fsp3) is 0.846. The number of H-pyrrole nitrogens is 1. The van der Waals surface area contributed by atoms with E-state index in [0.29, 0.717) is 51.5 Å². The molecule has 0 spiro atoms. The molecular weight excluding hydrogens is 699 g/mol. The summed E-state index contributed by atoms with van der Waals surface area (Å²) >= 11 is 0. The average molecular weight is 770 g/mol. The molecule has 0 saturated carbocycles. The second kappa shape index (κ2) is 28.4. The highest BCUT2D eigenvalue weighted by molar-refractivity contribution is 7.92. The van der Waals surface area contributed by atoms with E-state index in [2.05, 4.69) is 25.9 Å². The number of aryl methyl sites for hydroxylation is 1. The standard InChI is InChI=1S/C39H69N5O8S.H2/c1-39(2,3)35(47)30-32(34(46)26-27-38(49)50)22-19-20-28-40-37(48)25-18-15-21-29-53(51,52)31-33(45)23-16-13-11-9-7-5-4-6-8-10-12-14-17-24-36-41-43-44-42-36;/h32H,4-31H2,1-3H3,(H,40,48)(H,49,50)(H,41,42,43,44);1H/t32-;/m1./s1. The van der Waals surface area contributed by atoms with Gasteiger partial charge in [0.2, 0.25) is 5.91 Å². The highest BCUT2D eigenvalue weighted by Crippen LogP contribution is 2.24. The Morgan fingerprint density at radius 3 is 1.87 bits per heavy atom. The van der Waals surface area contributed by atoms with Gasteiger partial charge in [-0.1, -0.05) is 109 Å². The van der Waals surface area contributed by atoms with E-state index in [9.17, 15) is 32.4 Å². The summed E-state index contributed by atoms with van der Waals surface area (Å²) in [7, 11) is -3.45. The van der Waals surface area contributed by atoms with E-state index in [1.54, 1.807) is 20.8 Å². The SMILES string of the molecule is CC(C)(C)C(=O)C[C@@H](CCCCNC(=O)CCCCCS(=O)(=O)CC(=O)CCCCCCCCCCCCCCCc1nn[nH]n1)C(=O)CCC(=O)O.[HH]. The minimum absolute atomic E-state index is 0. The largest absolute Gasteiger partial charge is 0.481 e. The number of tetrazole rings is 1. The molecule has 0 aliphatic rings. The van der Waals surface area contributed by atoms with Crippen LogP contribution in [0.1, 0.15) is 182 Å². The number of aromatic nitrogens is 4. The smallest absolute Gasteiger partial charge is 0.303 e. The lowest BCUT2D eigenvalue weighted by Gasteiger charge is -2.21. The van der Waals surface area contributed by atoms with Crippen molar-refractivity contribution >= 4 is 39.1 Å². The third-order valence-electron chi connectivity index (χ3n) is 9.60. The zero-order chi connectivity index (χ0) is 39.4. The maximum Gasteiger partial charge on any atom is 0.303 e. The van der Waals surface area contributed by atoms with Crippen LogP contribution in [0.15, 0.2) is 0 Å². The van der Waals surface area contributed by atoms with Crippen molar-refractivity contribution in [3.05, 3.63) is 5.82 Å². The van der Waals surface area contributed by atoms with Crippen LogP contribution >= 0.6 is 0 Å². The Kier molecular flexibility index (Phi) is 25.7. The highest BCUT2D eigenvalue weighted by Gasteiger charge is 2.28. The number of Topliss-reactive ketones (excluding diaryl/α,β-unsaturated/α-hetero) is 3. The molecule has 3 N–H and O–H groups in total. The molecule has 0 aromatic carbocycles. The molecule has 1 amide bonds. The number of unbranched alkanes of at least 4 members (excludes halogenated alkanes) is 15. The lowest BCUT2D eigenvalue weighted by Crippen LogP contribution is -2.27. The van der Waals surface area contributed by atoms with Gasteiger partial charge in [-0.05, 0) is 38.5 Å². The molecule has 0 fully saturated rings. The van der Waals surface area contributed by atoms with Crippen molar-refractivity contribution < 1.29 is 38.9 Å². The van der Waals surface area contributed by atoms with E-state index in [0.717, 1.165) is 44.3 Å². The molecule has 0 aliphatic heterocycles. The van der Waals surface area contributed by atoms with Gasteiger partial charge in [0.1, 0.15) is 23.1 Å². The Balaban J connectivity index is 0.0000281. The first kappa shape index (κ1) is 48.0. The van der Waals surface area contributed by atoms with Gasteiger partial charge in [0, 0.05) is 51.4 Å². The average Bonchev–Trinajstić information content (AvgIpc) is 3.61. The number of nitrogens with zero attached hydrogens (tertiary/aromatic N) is 3. The van der Waals surface area contributed by atoms with Gasteiger partial charge in [0.15, 0.2) is 15.7 Å². The molecule has 0 aliphatic carbocycles. The number of ketones is 3. The van der Waals surface area contributed by atoms with Crippen molar-refractivity contribution in [3.8, 4) is 0 Å². The molecule has 14 heteroatoms.